The van der Waals surface area contributed by atoms with Crippen molar-refractivity contribution in [2.24, 2.45) is 0 Å². The van der Waals surface area contributed by atoms with E-state index in [1.807, 2.05) is 0 Å². The minimum atomic E-state index is -4.61. The number of alkyl halides is 3. The van der Waals surface area contributed by atoms with Crippen LogP contribution in [-0.4, -0.2) is 20.1 Å². The minimum absolute atomic E-state index is 0.243. The zero-order valence-electron chi connectivity index (χ0n) is 8.52. The highest BCUT2D eigenvalue weighted by Crippen LogP contribution is 2.32. The molecular formula is C10H8F3N3O. The lowest BCUT2D eigenvalue weighted by Gasteiger charge is -2.10. The number of nitrogens with zero attached hydrogens (tertiary/aromatic N) is 3. The second kappa shape index (κ2) is 4.17. The maximum Gasteiger partial charge on any atom is 0.435 e. The van der Waals surface area contributed by atoms with Crippen LogP contribution < -0.4 is 0 Å². The summed E-state index contributed by atoms with van der Waals surface area (Å²) in [6, 6.07) is 7.82. The van der Waals surface area contributed by atoms with Crippen molar-refractivity contribution in [1.29, 1.82) is 0 Å². The number of hydrogen-bond acceptors (Lipinski definition) is 3. The van der Waals surface area contributed by atoms with Crippen LogP contribution in [0.25, 0.3) is 5.69 Å². The molecule has 0 amide bonds. The van der Waals surface area contributed by atoms with Crippen LogP contribution in [0.4, 0.5) is 13.2 Å². The van der Waals surface area contributed by atoms with Crippen molar-refractivity contribution in [3.05, 3.63) is 41.7 Å². The largest absolute Gasteiger partial charge is 0.435 e. The fraction of sp³-hybridized carbons (Fsp3) is 0.200. The number of para-hydroxylation sites is 1. The fourth-order valence-electron chi connectivity index (χ4n) is 1.45. The lowest BCUT2D eigenvalue weighted by atomic mass is 10.3. The molecule has 0 saturated carbocycles. The maximum atomic E-state index is 12.8. The van der Waals surface area contributed by atoms with Gasteiger partial charge in [-0.3, -0.25) is 0 Å². The molecule has 1 aromatic heterocycles. The highest BCUT2D eigenvalue weighted by molar-refractivity contribution is 5.33. The minimum Gasteiger partial charge on any atom is -0.390 e. The predicted molar refractivity (Wildman–Crippen MR) is 52.3 cm³/mol. The summed E-state index contributed by atoms with van der Waals surface area (Å²) >= 11 is 0. The molecule has 2 rings (SSSR count). The van der Waals surface area contributed by atoms with Gasteiger partial charge in [-0.05, 0) is 12.1 Å². The average Bonchev–Trinajstić information content (AvgIpc) is 2.73. The van der Waals surface area contributed by atoms with Gasteiger partial charge < -0.3 is 5.11 Å². The van der Waals surface area contributed by atoms with E-state index >= 15 is 0 Å². The first-order valence-electron chi connectivity index (χ1n) is 4.72. The molecule has 0 unspecified atom stereocenters. The summed E-state index contributed by atoms with van der Waals surface area (Å²) in [5, 5.41) is 15.6. The lowest BCUT2D eigenvalue weighted by Crippen LogP contribution is -2.15. The molecule has 1 aromatic carbocycles. The Hall–Kier alpha value is -1.89. The molecule has 2 aromatic rings. The predicted octanol–water partition coefficient (Wildman–Crippen LogP) is 1.78. The van der Waals surface area contributed by atoms with Crippen LogP contribution in [0.3, 0.4) is 0 Å². The normalized spacial score (nSPS) is 11.8. The number of benzene rings is 1. The quantitative estimate of drug-likeness (QED) is 0.874. The molecule has 1 N–H and O–H groups in total. The first kappa shape index (κ1) is 11.6. The molecule has 0 aliphatic carbocycles. The maximum absolute atomic E-state index is 12.8. The highest BCUT2D eigenvalue weighted by Gasteiger charge is 2.39. The first-order chi connectivity index (χ1) is 8.04. The molecule has 7 heteroatoms. The Morgan fingerprint density at radius 1 is 1.18 bits per heavy atom. The van der Waals surface area contributed by atoms with Crippen LogP contribution in [0.5, 0.6) is 0 Å². The molecule has 0 atom stereocenters. The van der Waals surface area contributed by atoms with E-state index in [1.165, 1.54) is 12.1 Å². The lowest BCUT2D eigenvalue weighted by molar-refractivity contribution is -0.143. The summed E-state index contributed by atoms with van der Waals surface area (Å²) < 4.78 is 39.1. The van der Waals surface area contributed by atoms with Crippen LogP contribution in [0.15, 0.2) is 30.3 Å². The molecule has 4 nitrogen and oxygen atoms in total. The van der Waals surface area contributed by atoms with Gasteiger partial charge in [-0.15, -0.1) is 5.10 Å². The third-order valence-corrected chi connectivity index (χ3v) is 2.16. The van der Waals surface area contributed by atoms with E-state index in [2.05, 4.69) is 10.3 Å². The summed E-state index contributed by atoms with van der Waals surface area (Å²) in [5.74, 6) is 0. The molecule has 0 radical (unpaired) electrons. The van der Waals surface area contributed by atoms with Crippen LogP contribution in [-0.2, 0) is 12.8 Å². The summed E-state index contributed by atoms with van der Waals surface area (Å²) in [4.78, 5) is 0. The van der Waals surface area contributed by atoms with E-state index in [0.29, 0.717) is 4.68 Å². The van der Waals surface area contributed by atoms with Gasteiger partial charge in [0.15, 0.2) is 5.69 Å². The molecule has 1 heterocycles. The van der Waals surface area contributed by atoms with Gasteiger partial charge in [0.1, 0.15) is 5.69 Å². The van der Waals surface area contributed by atoms with Crippen LogP contribution in [0, 0.1) is 0 Å². The van der Waals surface area contributed by atoms with Crippen molar-refractivity contribution >= 4 is 0 Å². The number of hydrogen-bond donors (Lipinski definition) is 1. The number of rotatable bonds is 2. The third-order valence-electron chi connectivity index (χ3n) is 2.16. The van der Waals surface area contributed by atoms with E-state index in [-0.39, 0.29) is 5.69 Å². The van der Waals surface area contributed by atoms with E-state index in [4.69, 9.17) is 5.11 Å². The number of halogens is 3. The van der Waals surface area contributed by atoms with Gasteiger partial charge in [-0.1, -0.05) is 23.4 Å². The average molecular weight is 243 g/mol. The van der Waals surface area contributed by atoms with Crippen molar-refractivity contribution in [2.75, 3.05) is 0 Å². The highest BCUT2D eigenvalue weighted by atomic mass is 19.4. The Bertz CT molecular complexity index is 507. The van der Waals surface area contributed by atoms with Gasteiger partial charge in [0, 0.05) is 0 Å². The monoisotopic (exact) mass is 243 g/mol. The van der Waals surface area contributed by atoms with Crippen molar-refractivity contribution in [3.63, 3.8) is 0 Å². The van der Waals surface area contributed by atoms with Crippen molar-refractivity contribution in [2.45, 2.75) is 12.8 Å². The zero-order valence-corrected chi connectivity index (χ0v) is 8.52. The molecule has 0 fully saturated rings. The van der Waals surface area contributed by atoms with Gasteiger partial charge in [0.2, 0.25) is 0 Å². The van der Waals surface area contributed by atoms with Crippen molar-refractivity contribution in [1.82, 2.24) is 15.0 Å². The van der Waals surface area contributed by atoms with Gasteiger partial charge in [0.05, 0.1) is 12.3 Å². The van der Waals surface area contributed by atoms with E-state index in [1.54, 1.807) is 18.2 Å². The Balaban J connectivity index is 2.60. The van der Waals surface area contributed by atoms with Crippen LogP contribution >= 0.6 is 0 Å². The summed E-state index contributed by atoms with van der Waals surface area (Å²) in [6.45, 7) is -0.804. The Morgan fingerprint density at radius 3 is 2.35 bits per heavy atom. The summed E-state index contributed by atoms with van der Waals surface area (Å²) in [7, 11) is 0. The van der Waals surface area contributed by atoms with Gasteiger partial charge in [-0.25, -0.2) is 4.68 Å². The summed E-state index contributed by atoms with van der Waals surface area (Å²) in [5.41, 5.74) is -1.29. The topological polar surface area (TPSA) is 50.9 Å². The third kappa shape index (κ3) is 2.14. The van der Waals surface area contributed by atoms with Gasteiger partial charge >= 0.3 is 6.18 Å². The van der Waals surface area contributed by atoms with Gasteiger partial charge in [-0.2, -0.15) is 13.2 Å². The Morgan fingerprint density at radius 2 is 1.82 bits per heavy atom. The number of aliphatic hydroxyl groups excluding tert-OH is 1. The smallest absolute Gasteiger partial charge is 0.390 e. The number of aliphatic hydroxyl groups is 1. The molecule has 17 heavy (non-hydrogen) atoms. The zero-order chi connectivity index (χ0) is 12.5. The SMILES string of the molecule is OCc1nnn(-c2ccccc2)c1C(F)(F)F. The van der Waals surface area contributed by atoms with Crippen molar-refractivity contribution in [3.8, 4) is 5.69 Å². The second-order valence-electron chi connectivity index (χ2n) is 3.29. The molecule has 0 aliphatic rings. The van der Waals surface area contributed by atoms with Crippen molar-refractivity contribution < 1.29 is 18.3 Å². The Kier molecular flexibility index (Phi) is 2.84. The molecule has 0 saturated heterocycles. The van der Waals surface area contributed by atoms with Crippen LogP contribution in [0.2, 0.25) is 0 Å². The first-order valence-corrected chi connectivity index (χ1v) is 4.72. The molecule has 0 spiro atoms. The van der Waals surface area contributed by atoms with Gasteiger partial charge in [0.25, 0.3) is 0 Å². The molecule has 0 bridgehead atoms. The van der Waals surface area contributed by atoms with Crippen LogP contribution in [0.1, 0.15) is 11.4 Å². The fourth-order valence-corrected chi connectivity index (χ4v) is 1.45. The van der Waals surface area contributed by atoms with E-state index in [0.717, 1.165) is 0 Å². The molecular weight excluding hydrogens is 235 g/mol. The standard InChI is InChI=1S/C10H8F3N3O/c11-10(12,13)9-8(6-17)14-15-16(9)7-4-2-1-3-5-7/h1-5,17H,6H2. The summed E-state index contributed by atoms with van der Waals surface area (Å²) in [6.07, 6.45) is -4.61. The second-order valence-corrected chi connectivity index (χ2v) is 3.29. The molecule has 90 valence electrons. The number of aromatic nitrogens is 3. The molecule has 0 aliphatic heterocycles. The van der Waals surface area contributed by atoms with E-state index in [9.17, 15) is 13.2 Å². The Labute approximate surface area is 94.3 Å². The van der Waals surface area contributed by atoms with E-state index < -0.39 is 24.2 Å².